The van der Waals surface area contributed by atoms with Crippen molar-refractivity contribution in [2.45, 2.75) is 5.88 Å². The lowest BCUT2D eigenvalue weighted by Gasteiger charge is -1.91. The maximum absolute atomic E-state index is 13.1. The average molecular weight is 219 g/mol. The van der Waals surface area contributed by atoms with E-state index < -0.39 is 11.6 Å². The number of fused-ring (bicyclic) bond motifs is 1. The fourth-order valence-corrected chi connectivity index (χ4v) is 2.33. The SMILES string of the molecule is Fc1cc(F)c2sc(CCl)cc2c1. The van der Waals surface area contributed by atoms with E-state index in [4.69, 9.17) is 11.6 Å². The number of hydrogen-bond donors (Lipinski definition) is 0. The van der Waals surface area contributed by atoms with Crippen LogP contribution < -0.4 is 0 Å². The minimum absolute atomic E-state index is 0.334. The van der Waals surface area contributed by atoms with Gasteiger partial charge in [0.2, 0.25) is 0 Å². The number of rotatable bonds is 1. The first kappa shape index (κ1) is 8.91. The van der Waals surface area contributed by atoms with Crippen LogP contribution in [0.5, 0.6) is 0 Å². The highest BCUT2D eigenvalue weighted by atomic mass is 35.5. The maximum atomic E-state index is 13.1. The van der Waals surface area contributed by atoms with Crippen LogP contribution in [0.4, 0.5) is 8.78 Å². The quantitative estimate of drug-likeness (QED) is 0.637. The Morgan fingerprint density at radius 2 is 2.00 bits per heavy atom. The molecule has 1 heterocycles. The highest BCUT2D eigenvalue weighted by Gasteiger charge is 2.07. The molecule has 0 N–H and O–H groups in total. The van der Waals surface area contributed by atoms with Crippen LogP contribution in [0.15, 0.2) is 18.2 Å². The lowest BCUT2D eigenvalue weighted by Crippen LogP contribution is -1.77. The zero-order chi connectivity index (χ0) is 9.42. The Kier molecular flexibility index (Phi) is 2.22. The molecule has 0 unspecified atom stereocenters. The van der Waals surface area contributed by atoms with Gasteiger partial charge < -0.3 is 0 Å². The standard InChI is InChI=1S/C9H5ClF2S/c10-4-7-2-5-1-6(11)3-8(12)9(5)13-7/h1-3H,4H2. The third-order valence-electron chi connectivity index (χ3n) is 1.72. The Morgan fingerprint density at radius 1 is 1.23 bits per heavy atom. The van der Waals surface area contributed by atoms with Crippen molar-refractivity contribution in [3.63, 3.8) is 0 Å². The second-order valence-corrected chi connectivity index (χ2v) is 4.06. The molecule has 0 saturated carbocycles. The summed E-state index contributed by atoms with van der Waals surface area (Å²) in [5, 5.41) is 0.582. The summed E-state index contributed by atoms with van der Waals surface area (Å²) in [5.41, 5.74) is 0. The van der Waals surface area contributed by atoms with Gasteiger partial charge in [-0.1, -0.05) is 0 Å². The third-order valence-corrected chi connectivity index (χ3v) is 3.32. The van der Waals surface area contributed by atoms with Gasteiger partial charge in [0.05, 0.1) is 10.6 Å². The van der Waals surface area contributed by atoms with Gasteiger partial charge in [0.1, 0.15) is 11.6 Å². The minimum Gasteiger partial charge on any atom is -0.207 e. The molecule has 0 aliphatic carbocycles. The van der Waals surface area contributed by atoms with E-state index in [9.17, 15) is 8.78 Å². The van der Waals surface area contributed by atoms with Gasteiger partial charge in [0.15, 0.2) is 0 Å². The number of halogens is 3. The van der Waals surface area contributed by atoms with E-state index in [1.807, 2.05) is 0 Å². The highest BCUT2D eigenvalue weighted by Crippen LogP contribution is 2.29. The molecule has 0 saturated heterocycles. The molecule has 2 aromatic rings. The van der Waals surface area contributed by atoms with Gasteiger partial charge in [-0.2, -0.15) is 0 Å². The van der Waals surface area contributed by atoms with Gasteiger partial charge in [0, 0.05) is 10.9 Å². The number of thiophene rings is 1. The maximum Gasteiger partial charge on any atom is 0.143 e. The van der Waals surface area contributed by atoms with Crippen LogP contribution in [-0.2, 0) is 5.88 Å². The van der Waals surface area contributed by atoms with Crippen molar-refractivity contribution in [3.05, 3.63) is 34.7 Å². The summed E-state index contributed by atoms with van der Waals surface area (Å²) >= 11 is 6.84. The summed E-state index contributed by atoms with van der Waals surface area (Å²) in [6.07, 6.45) is 0. The second kappa shape index (κ2) is 3.24. The molecular formula is C9H5ClF2S. The van der Waals surface area contributed by atoms with E-state index in [1.54, 1.807) is 6.07 Å². The first-order chi connectivity index (χ1) is 6.20. The molecule has 0 amide bonds. The molecule has 0 nitrogen and oxygen atoms in total. The van der Waals surface area contributed by atoms with E-state index in [2.05, 4.69) is 0 Å². The van der Waals surface area contributed by atoms with Gasteiger partial charge in [-0.25, -0.2) is 8.78 Å². The Hall–Kier alpha value is -0.670. The highest BCUT2D eigenvalue weighted by molar-refractivity contribution is 7.19. The molecule has 4 heteroatoms. The molecule has 0 bridgehead atoms. The molecule has 0 fully saturated rings. The summed E-state index contributed by atoms with van der Waals surface area (Å²) in [5.74, 6) is -0.735. The fraction of sp³-hybridized carbons (Fsp3) is 0.111. The zero-order valence-electron chi connectivity index (χ0n) is 6.48. The predicted octanol–water partition coefficient (Wildman–Crippen LogP) is 3.92. The van der Waals surface area contributed by atoms with E-state index >= 15 is 0 Å². The molecule has 0 aliphatic heterocycles. The van der Waals surface area contributed by atoms with Crippen LogP contribution in [0.3, 0.4) is 0 Å². The van der Waals surface area contributed by atoms with E-state index in [-0.39, 0.29) is 0 Å². The first-order valence-corrected chi connectivity index (χ1v) is 4.99. The largest absolute Gasteiger partial charge is 0.207 e. The molecule has 1 aromatic carbocycles. The van der Waals surface area contributed by atoms with E-state index in [0.29, 0.717) is 16.0 Å². The number of benzene rings is 1. The summed E-state index contributed by atoms with van der Waals surface area (Å²) in [4.78, 5) is 0.848. The zero-order valence-corrected chi connectivity index (χ0v) is 8.05. The molecule has 0 spiro atoms. The number of hydrogen-bond acceptors (Lipinski definition) is 1. The van der Waals surface area contributed by atoms with Crippen LogP contribution >= 0.6 is 22.9 Å². The van der Waals surface area contributed by atoms with Crippen molar-refractivity contribution in [1.29, 1.82) is 0 Å². The predicted molar refractivity (Wildman–Crippen MR) is 51.3 cm³/mol. The minimum atomic E-state index is -0.552. The van der Waals surface area contributed by atoms with E-state index in [0.717, 1.165) is 10.9 Å². The summed E-state index contributed by atoms with van der Waals surface area (Å²) < 4.78 is 26.3. The van der Waals surface area contributed by atoms with Crippen molar-refractivity contribution in [3.8, 4) is 0 Å². The molecule has 0 aliphatic rings. The van der Waals surface area contributed by atoms with Gasteiger partial charge in [0.25, 0.3) is 0 Å². The topological polar surface area (TPSA) is 0 Å². The van der Waals surface area contributed by atoms with Crippen molar-refractivity contribution < 1.29 is 8.78 Å². The van der Waals surface area contributed by atoms with E-state index in [1.165, 1.54) is 17.4 Å². The summed E-state index contributed by atoms with van der Waals surface area (Å²) in [6.45, 7) is 0. The lowest BCUT2D eigenvalue weighted by atomic mass is 10.2. The first-order valence-electron chi connectivity index (χ1n) is 3.64. The molecule has 0 radical (unpaired) electrons. The van der Waals surface area contributed by atoms with Gasteiger partial charge >= 0.3 is 0 Å². The van der Waals surface area contributed by atoms with Crippen LogP contribution in [0, 0.1) is 11.6 Å². The molecular weight excluding hydrogens is 214 g/mol. The van der Waals surface area contributed by atoms with Crippen molar-refractivity contribution in [1.82, 2.24) is 0 Å². The van der Waals surface area contributed by atoms with Crippen molar-refractivity contribution in [2.24, 2.45) is 0 Å². The summed E-state index contributed by atoms with van der Waals surface area (Å²) in [7, 11) is 0. The fourth-order valence-electron chi connectivity index (χ4n) is 1.20. The van der Waals surface area contributed by atoms with Crippen molar-refractivity contribution in [2.75, 3.05) is 0 Å². The Bertz CT molecular complexity index is 450. The average Bonchev–Trinajstić information content (AvgIpc) is 2.47. The van der Waals surface area contributed by atoms with Crippen LogP contribution in [0.1, 0.15) is 4.88 Å². The van der Waals surface area contributed by atoms with Gasteiger partial charge in [-0.3, -0.25) is 0 Å². The normalized spacial score (nSPS) is 11.0. The Morgan fingerprint density at radius 3 is 2.69 bits per heavy atom. The molecule has 68 valence electrons. The van der Waals surface area contributed by atoms with Crippen molar-refractivity contribution >= 4 is 33.0 Å². The Balaban J connectivity index is 2.75. The van der Waals surface area contributed by atoms with Crippen LogP contribution in [0.25, 0.3) is 10.1 Å². The van der Waals surface area contributed by atoms with Gasteiger partial charge in [-0.15, -0.1) is 22.9 Å². The summed E-state index contributed by atoms with van der Waals surface area (Å²) in [6, 6.07) is 3.90. The smallest absolute Gasteiger partial charge is 0.143 e. The molecule has 0 atom stereocenters. The molecule has 1 aromatic heterocycles. The van der Waals surface area contributed by atoms with Gasteiger partial charge in [-0.05, 0) is 17.5 Å². The lowest BCUT2D eigenvalue weighted by molar-refractivity contribution is 0.593. The third kappa shape index (κ3) is 1.54. The van der Waals surface area contributed by atoms with Crippen LogP contribution in [-0.4, -0.2) is 0 Å². The molecule has 13 heavy (non-hydrogen) atoms. The monoisotopic (exact) mass is 218 g/mol. The van der Waals surface area contributed by atoms with Crippen LogP contribution in [0.2, 0.25) is 0 Å². The Labute approximate surface area is 82.8 Å². The second-order valence-electron chi connectivity index (χ2n) is 2.65. The molecule has 2 rings (SSSR count). The number of alkyl halides is 1.